The molecular weight excluding hydrogens is 212 g/mol. The van der Waals surface area contributed by atoms with Crippen molar-refractivity contribution in [2.45, 2.75) is 52.7 Å². The molecule has 1 saturated heterocycles. The van der Waals surface area contributed by atoms with Crippen LogP contribution in [0.3, 0.4) is 0 Å². The molecule has 2 unspecified atom stereocenters. The van der Waals surface area contributed by atoms with Crippen LogP contribution in [-0.2, 0) is 4.74 Å². The van der Waals surface area contributed by atoms with Crippen LogP contribution in [-0.4, -0.2) is 49.8 Å². The van der Waals surface area contributed by atoms with Crippen LogP contribution < -0.4 is 5.32 Å². The molecule has 0 amide bonds. The predicted octanol–water partition coefficient (Wildman–Crippen LogP) is 2.12. The maximum absolute atomic E-state index is 5.87. The number of morpholine rings is 1. The Morgan fingerprint density at radius 3 is 2.47 bits per heavy atom. The largest absolute Gasteiger partial charge is 0.374 e. The van der Waals surface area contributed by atoms with Crippen molar-refractivity contribution in [2.24, 2.45) is 5.92 Å². The first-order valence-corrected chi connectivity index (χ1v) is 7.29. The highest BCUT2D eigenvalue weighted by Crippen LogP contribution is 2.15. The zero-order valence-corrected chi connectivity index (χ0v) is 12.0. The molecule has 0 aliphatic carbocycles. The van der Waals surface area contributed by atoms with Crippen molar-refractivity contribution >= 4 is 0 Å². The van der Waals surface area contributed by atoms with E-state index in [1.807, 2.05) is 0 Å². The zero-order chi connectivity index (χ0) is 12.7. The molecule has 1 rings (SSSR count). The van der Waals surface area contributed by atoms with Crippen LogP contribution in [0.2, 0.25) is 0 Å². The van der Waals surface area contributed by atoms with Crippen LogP contribution in [0.1, 0.15) is 40.5 Å². The van der Waals surface area contributed by atoms with Crippen molar-refractivity contribution in [3.8, 4) is 0 Å². The van der Waals surface area contributed by atoms with Gasteiger partial charge in [-0.15, -0.1) is 0 Å². The molecule has 0 aromatic carbocycles. The Morgan fingerprint density at radius 1 is 1.29 bits per heavy atom. The average molecular weight is 242 g/mol. The Labute approximate surface area is 107 Å². The lowest BCUT2D eigenvalue weighted by Crippen LogP contribution is -2.51. The first-order chi connectivity index (χ1) is 8.22. The quantitative estimate of drug-likeness (QED) is 0.740. The van der Waals surface area contributed by atoms with E-state index in [9.17, 15) is 0 Å². The molecule has 0 saturated carbocycles. The van der Waals surface area contributed by atoms with Gasteiger partial charge in [-0.05, 0) is 19.4 Å². The zero-order valence-electron chi connectivity index (χ0n) is 12.0. The highest BCUT2D eigenvalue weighted by atomic mass is 16.5. The standard InChI is InChI=1S/C14H30N2O/c1-5-13(6-2)11-16(7-3)12(4)14-10-15-8-9-17-14/h12-15H,5-11H2,1-4H3. The second-order valence-corrected chi connectivity index (χ2v) is 5.12. The van der Waals surface area contributed by atoms with Gasteiger partial charge in [0, 0.05) is 25.7 Å². The molecule has 1 N–H and O–H groups in total. The second kappa shape index (κ2) is 8.06. The molecule has 102 valence electrons. The van der Waals surface area contributed by atoms with Crippen molar-refractivity contribution in [1.82, 2.24) is 10.2 Å². The summed E-state index contributed by atoms with van der Waals surface area (Å²) in [5.41, 5.74) is 0. The Kier molecular flexibility index (Phi) is 7.09. The van der Waals surface area contributed by atoms with E-state index in [0.717, 1.165) is 32.2 Å². The highest BCUT2D eigenvalue weighted by Gasteiger charge is 2.26. The number of nitrogens with one attached hydrogen (secondary N) is 1. The van der Waals surface area contributed by atoms with Crippen LogP contribution in [0.5, 0.6) is 0 Å². The van der Waals surface area contributed by atoms with E-state index in [1.165, 1.54) is 19.4 Å². The van der Waals surface area contributed by atoms with Crippen LogP contribution in [0.4, 0.5) is 0 Å². The van der Waals surface area contributed by atoms with Crippen LogP contribution in [0.15, 0.2) is 0 Å². The van der Waals surface area contributed by atoms with E-state index in [4.69, 9.17) is 4.74 Å². The average Bonchev–Trinajstić information content (AvgIpc) is 2.40. The molecule has 17 heavy (non-hydrogen) atoms. The molecule has 0 spiro atoms. The highest BCUT2D eigenvalue weighted by molar-refractivity contribution is 4.81. The summed E-state index contributed by atoms with van der Waals surface area (Å²) in [6.07, 6.45) is 2.92. The summed E-state index contributed by atoms with van der Waals surface area (Å²) in [6.45, 7) is 14.4. The molecule has 0 aromatic heterocycles. The fourth-order valence-corrected chi connectivity index (χ4v) is 2.59. The molecule has 1 heterocycles. The van der Waals surface area contributed by atoms with E-state index in [-0.39, 0.29) is 0 Å². The fraction of sp³-hybridized carbons (Fsp3) is 1.00. The summed E-state index contributed by atoms with van der Waals surface area (Å²) in [7, 11) is 0. The van der Waals surface area contributed by atoms with E-state index < -0.39 is 0 Å². The Balaban J connectivity index is 2.46. The molecule has 1 aliphatic rings. The summed E-state index contributed by atoms with van der Waals surface area (Å²) in [4.78, 5) is 2.58. The van der Waals surface area contributed by atoms with Gasteiger partial charge in [0.2, 0.25) is 0 Å². The molecule has 1 aliphatic heterocycles. The summed E-state index contributed by atoms with van der Waals surface area (Å²) in [5.74, 6) is 0.828. The van der Waals surface area contributed by atoms with E-state index in [1.54, 1.807) is 0 Å². The summed E-state index contributed by atoms with van der Waals surface area (Å²) < 4.78 is 5.87. The maximum Gasteiger partial charge on any atom is 0.0852 e. The minimum Gasteiger partial charge on any atom is -0.374 e. The summed E-state index contributed by atoms with van der Waals surface area (Å²) in [6, 6.07) is 0.522. The minimum absolute atomic E-state index is 0.359. The van der Waals surface area contributed by atoms with Gasteiger partial charge in [-0.25, -0.2) is 0 Å². The monoisotopic (exact) mass is 242 g/mol. The predicted molar refractivity (Wildman–Crippen MR) is 73.4 cm³/mol. The van der Waals surface area contributed by atoms with Crippen molar-refractivity contribution in [1.29, 1.82) is 0 Å². The number of ether oxygens (including phenoxy) is 1. The van der Waals surface area contributed by atoms with Crippen LogP contribution >= 0.6 is 0 Å². The van der Waals surface area contributed by atoms with Crippen molar-refractivity contribution in [3.63, 3.8) is 0 Å². The summed E-state index contributed by atoms with van der Waals surface area (Å²) in [5, 5.41) is 3.42. The van der Waals surface area contributed by atoms with Gasteiger partial charge in [-0.2, -0.15) is 0 Å². The number of hydrogen-bond acceptors (Lipinski definition) is 3. The molecule has 0 radical (unpaired) electrons. The molecule has 3 nitrogen and oxygen atoms in total. The molecule has 1 fully saturated rings. The summed E-state index contributed by atoms with van der Waals surface area (Å²) >= 11 is 0. The number of nitrogens with zero attached hydrogens (tertiary/aromatic N) is 1. The van der Waals surface area contributed by atoms with Crippen molar-refractivity contribution in [3.05, 3.63) is 0 Å². The normalized spacial score (nSPS) is 23.3. The number of hydrogen-bond donors (Lipinski definition) is 1. The first kappa shape index (κ1) is 14.9. The topological polar surface area (TPSA) is 24.5 Å². The van der Waals surface area contributed by atoms with Gasteiger partial charge in [0.1, 0.15) is 0 Å². The Morgan fingerprint density at radius 2 is 2.00 bits per heavy atom. The van der Waals surface area contributed by atoms with Gasteiger partial charge in [-0.1, -0.05) is 33.6 Å². The van der Waals surface area contributed by atoms with Gasteiger partial charge < -0.3 is 10.1 Å². The Bertz CT molecular complexity index is 189. The van der Waals surface area contributed by atoms with Gasteiger partial charge >= 0.3 is 0 Å². The second-order valence-electron chi connectivity index (χ2n) is 5.12. The number of rotatable bonds is 7. The van der Waals surface area contributed by atoms with Crippen molar-refractivity contribution < 1.29 is 4.74 Å². The van der Waals surface area contributed by atoms with Gasteiger partial charge in [0.15, 0.2) is 0 Å². The fourth-order valence-electron chi connectivity index (χ4n) is 2.59. The third-order valence-corrected chi connectivity index (χ3v) is 4.12. The van der Waals surface area contributed by atoms with Crippen molar-refractivity contribution in [2.75, 3.05) is 32.8 Å². The van der Waals surface area contributed by atoms with Gasteiger partial charge in [0.05, 0.1) is 12.7 Å². The van der Waals surface area contributed by atoms with Gasteiger partial charge in [0.25, 0.3) is 0 Å². The van der Waals surface area contributed by atoms with Gasteiger partial charge in [-0.3, -0.25) is 4.90 Å². The molecular formula is C14H30N2O. The molecule has 2 atom stereocenters. The van der Waals surface area contributed by atoms with Crippen LogP contribution in [0, 0.1) is 5.92 Å². The molecule has 0 aromatic rings. The van der Waals surface area contributed by atoms with Crippen LogP contribution in [0.25, 0.3) is 0 Å². The van der Waals surface area contributed by atoms with E-state index >= 15 is 0 Å². The first-order valence-electron chi connectivity index (χ1n) is 7.29. The lowest BCUT2D eigenvalue weighted by molar-refractivity contribution is -0.0285. The third-order valence-electron chi connectivity index (χ3n) is 4.12. The third kappa shape index (κ3) is 4.57. The minimum atomic E-state index is 0.359. The SMILES string of the molecule is CCC(CC)CN(CC)C(C)C1CNCCO1. The lowest BCUT2D eigenvalue weighted by atomic mass is 10.0. The lowest BCUT2D eigenvalue weighted by Gasteiger charge is -2.37. The van der Waals surface area contributed by atoms with E-state index in [0.29, 0.717) is 12.1 Å². The smallest absolute Gasteiger partial charge is 0.0852 e. The van der Waals surface area contributed by atoms with E-state index in [2.05, 4.69) is 37.9 Å². The Hall–Kier alpha value is -0.120. The molecule has 3 heteroatoms. The molecule has 0 bridgehead atoms. The maximum atomic E-state index is 5.87. The number of likely N-dealkylation sites (N-methyl/N-ethyl adjacent to an activating group) is 1.